The Kier molecular flexibility index (Phi) is 3.18. The number of rotatable bonds is 1. The lowest BCUT2D eigenvalue weighted by molar-refractivity contribution is 0.00490. The van der Waals surface area contributed by atoms with Gasteiger partial charge >= 0.3 is 0 Å². The number of sulfone groups is 1. The van der Waals surface area contributed by atoms with Crippen molar-refractivity contribution in [3.8, 4) is 0 Å². The third kappa shape index (κ3) is 2.07. The van der Waals surface area contributed by atoms with E-state index in [1.807, 2.05) is 0 Å². The molecule has 5 heteroatoms. The molecule has 0 saturated carbocycles. The zero-order chi connectivity index (χ0) is 14.5. The second kappa shape index (κ2) is 4.53. The summed E-state index contributed by atoms with van der Waals surface area (Å²) in [5.74, 6) is -0.305. The average Bonchev–Trinajstić information content (AvgIpc) is 2.35. The lowest BCUT2D eigenvalue weighted by Gasteiger charge is -2.44. The van der Waals surface area contributed by atoms with Gasteiger partial charge in [0.25, 0.3) is 0 Å². The van der Waals surface area contributed by atoms with Gasteiger partial charge < -0.3 is 5.11 Å². The number of benzene rings is 1. The molecule has 2 atom stereocenters. The Morgan fingerprint density at radius 2 is 1.85 bits per heavy atom. The summed E-state index contributed by atoms with van der Waals surface area (Å²) in [6, 6.07) is 4.57. The fourth-order valence-electron chi connectivity index (χ4n) is 3.62. The minimum atomic E-state index is -3.10. The first-order valence-corrected chi connectivity index (χ1v) is 8.65. The molecule has 2 heterocycles. The summed E-state index contributed by atoms with van der Waals surface area (Å²) in [6.07, 6.45) is 2.63. The van der Waals surface area contributed by atoms with Gasteiger partial charge in [0.05, 0.1) is 16.1 Å². The summed E-state index contributed by atoms with van der Waals surface area (Å²) in [6.45, 7) is 1.66. The van der Waals surface area contributed by atoms with Crippen LogP contribution in [0, 0.1) is 12.7 Å². The molecule has 0 aromatic heterocycles. The molecule has 2 unspecified atom stereocenters. The predicted octanol–water partition coefficient (Wildman–Crippen LogP) is 2.45. The van der Waals surface area contributed by atoms with E-state index >= 15 is 0 Å². The Hall–Kier alpha value is -0.940. The van der Waals surface area contributed by atoms with Crippen molar-refractivity contribution in [3.63, 3.8) is 0 Å². The third-order valence-electron chi connectivity index (χ3n) is 4.81. The maximum absolute atomic E-state index is 13.4. The van der Waals surface area contributed by atoms with Crippen molar-refractivity contribution in [1.82, 2.24) is 0 Å². The monoisotopic (exact) mass is 298 g/mol. The summed E-state index contributed by atoms with van der Waals surface area (Å²) < 4.78 is 37.9. The Morgan fingerprint density at radius 3 is 2.40 bits per heavy atom. The highest BCUT2D eigenvalue weighted by molar-refractivity contribution is 7.92. The second-order valence-electron chi connectivity index (χ2n) is 6.17. The van der Waals surface area contributed by atoms with Gasteiger partial charge in [0.15, 0.2) is 9.84 Å². The van der Waals surface area contributed by atoms with Crippen LogP contribution in [0.25, 0.3) is 0 Å². The van der Waals surface area contributed by atoms with Crippen LogP contribution in [0.2, 0.25) is 0 Å². The number of fused-ring (bicyclic) bond motifs is 2. The van der Waals surface area contributed by atoms with Crippen molar-refractivity contribution < 1.29 is 17.9 Å². The molecule has 2 aliphatic rings. The van der Waals surface area contributed by atoms with E-state index in [4.69, 9.17) is 0 Å². The lowest BCUT2D eigenvalue weighted by atomic mass is 9.80. The van der Waals surface area contributed by atoms with Crippen LogP contribution < -0.4 is 0 Å². The molecule has 20 heavy (non-hydrogen) atoms. The normalized spacial score (nSPS) is 35.8. The van der Waals surface area contributed by atoms with Gasteiger partial charge in [-0.1, -0.05) is 18.6 Å². The van der Waals surface area contributed by atoms with Crippen LogP contribution in [0.15, 0.2) is 18.2 Å². The van der Waals surface area contributed by atoms with Gasteiger partial charge in [-0.05, 0) is 49.8 Å². The SMILES string of the molecule is Cc1cc(C2(O)CC3CCCC(C2)S3(=O)=O)ccc1F. The number of hydrogen-bond donors (Lipinski definition) is 1. The smallest absolute Gasteiger partial charge is 0.156 e. The second-order valence-corrected chi connectivity index (χ2v) is 8.68. The summed E-state index contributed by atoms with van der Waals surface area (Å²) >= 11 is 0. The van der Waals surface area contributed by atoms with Gasteiger partial charge in [-0.15, -0.1) is 0 Å². The molecule has 0 amide bonds. The third-order valence-corrected chi connectivity index (χ3v) is 7.47. The van der Waals surface area contributed by atoms with E-state index < -0.39 is 25.9 Å². The minimum absolute atomic E-state index is 0.233. The van der Waals surface area contributed by atoms with Gasteiger partial charge in [0.2, 0.25) is 0 Å². The van der Waals surface area contributed by atoms with Gasteiger partial charge in [-0.3, -0.25) is 0 Å². The highest BCUT2D eigenvalue weighted by Crippen LogP contribution is 2.46. The van der Waals surface area contributed by atoms with E-state index in [1.54, 1.807) is 19.1 Å². The molecule has 3 nitrogen and oxygen atoms in total. The highest BCUT2D eigenvalue weighted by atomic mass is 32.2. The van der Waals surface area contributed by atoms with E-state index in [2.05, 4.69) is 0 Å². The summed E-state index contributed by atoms with van der Waals surface area (Å²) in [5.41, 5.74) is -0.0165. The standard InChI is InChI=1S/C15H19FO3S/c1-10-7-11(5-6-14(10)16)15(17)8-12-3-2-4-13(9-15)20(12,18)19/h5-7,12-13,17H,2-4,8-9H2,1H3. The first kappa shape index (κ1) is 14.0. The molecule has 1 aromatic carbocycles. The van der Waals surface area contributed by atoms with Crippen LogP contribution in [0.4, 0.5) is 4.39 Å². The Bertz CT molecular complexity index is 619. The summed E-state index contributed by atoms with van der Waals surface area (Å²) in [7, 11) is -3.10. The van der Waals surface area contributed by atoms with Crippen molar-refractivity contribution in [2.75, 3.05) is 0 Å². The zero-order valence-electron chi connectivity index (χ0n) is 11.5. The number of aliphatic hydroxyl groups is 1. The number of halogens is 1. The van der Waals surface area contributed by atoms with Crippen molar-refractivity contribution in [2.24, 2.45) is 0 Å². The van der Waals surface area contributed by atoms with Crippen molar-refractivity contribution >= 4 is 9.84 Å². The Labute approximate surface area is 118 Å². The molecule has 0 radical (unpaired) electrons. The maximum atomic E-state index is 13.4. The van der Waals surface area contributed by atoms with Crippen LogP contribution in [0.5, 0.6) is 0 Å². The van der Waals surface area contributed by atoms with E-state index in [0.717, 1.165) is 6.42 Å². The van der Waals surface area contributed by atoms with E-state index in [0.29, 0.717) is 24.0 Å². The lowest BCUT2D eigenvalue weighted by Crippen LogP contribution is -2.50. The predicted molar refractivity (Wildman–Crippen MR) is 74.6 cm³/mol. The van der Waals surface area contributed by atoms with Crippen molar-refractivity contribution in [3.05, 3.63) is 35.1 Å². The van der Waals surface area contributed by atoms with E-state index in [-0.39, 0.29) is 18.7 Å². The molecule has 3 rings (SSSR count). The molecule has 1 aromatic rings. The van der Waals surface area contributed by atoms with Crippen molar-refractivity contribution in [2.45, 2.75) is 55.1 Å². The molecule has 1 N–H and O–H groups in total. The number of hydrogen-bond acceptors (Lipinski definition) is 3. The quantitative estimate of drug-likeness (QED) is 0.866. The average molecular weight is 298 g/mol. The molecular formula is C15H19FO3S. The molecule has 2 aliphatic heterocycles. The van der Waals surface area contributed by atoms with Crippen LogP contribution in [-0.4, -0.2) is 24.0 Å². The van der Waals surface area contributed by atoms with Crippen LogP contribution in [-0.2, 0) is 15.4 Å². The van der Waals surface area contributed by atoms with Gasteiger partial charge in [-0.25, -0.2) is 12.8 Å². The topological polar surface area (TPSA) is 54.4 Å². The summed E-state index contributed by atoms with van der Waals surface area (Å²) in [5, 5.41) is 10.0. The van der Waals surface area contributed by atoms with Crippen LogP contribution in [0.3, 0.4) is 0 Å². The molecule has 2 fully saturated rings. The molecule has 2 bridgehead atoms. The van der Waals surface area contributed by atoms with Crippen LogP contribution in [0.1, 0.15) is 43.2 Å². The van der Waals surface area contributed by atoms with E-state index in [9.17, 15) is 17.9 Å². The van der Waals surface area contributed by atoms with Gasteiger partial charge in [0.1, 0.15) is 5.82 Å². The molecule has 110 valence electrons. The summed E-state index contributed by atoms with van der Waals surface area (Å²) in [4.78, 5) is 0. The fourth-order valence-corrected chi connectivity index (χ4v) is 6.17. The van der Waals surface area contributed by atoms with Crippen molar-refractivity contribution in [1.29, 1.82) is 0 Å². The fraction of sp³-hybridized carbons (Fsp3) is 0.600. The number of aryl methyl sites for hydroxylation is 1. The molecule has 0 aliphatic carbocycles. The molecular weight excluding hydrogens is 279 g/mol. The first-order valence-electron chi connectivity index (χ1n) is 7.05. The Morgan fingerprint density at radius 1 is 1.25 bits per heavy atom. The molecule has 2 saturated heterocycles. The zero-order valence-corrected chi connectivity index (χ0v) is 12.3. The first-order chi connectivity index (χ1) is 9.33. The van der Waals surface area contributed by atoms with E-state index in [1.165, 1.54) is 6.07 Å². The van der Waals surface area contributed by atoms with Gasteiger partial charge in [0, 0.05) is 0 Å². The molecule has 0 spiro atoms. The van der Waals surface area contributed by atoms with Crippen LogP contribution >= 0.6 is 0 Å². The maximum Gasteiger partial charge on any atom is 0.156 e. The Balaban J connectivity index is 1.99. The minimum Gasteiger partial charge on any atom is -0.385 e. The highest BCUT2D eigenvalue weighted by Gasteiger charge is 2.50. The largest absolute Gasteiger partial charge is 0.385 e. The van der Waals surface area contributed by atoms with Gasteiger partial charge in [-0.2, -0.15) is 0 Å².